The predicted octanol–water partition coefficient (Wildman–Crippen LogP) is 9.56. The van der Waals surface area contributed by atoms with Gasteiger partial charge in [0.1, 0.15) is 5.60 Å². The van der Waals surface area contributed by atoms with Gasteiger partial charge in [-0.15, -0.1) is 0 Å². The fraction of sp³-hybridized carbons (Fsp3) is 0.893. The molecule has 2 heteroatoms. The van der Waals surface area contributed by atoms with Gasteiger partial charge in [-0.25, -0.2) is 0 Å². The van der Waals surface area contributed by atoms with Crippen LogP contribution in [-0.2, 0) is 9.53 Å². The summed E-state index contributed by atoms with van der Waals surface area (Å²) in [6.07, 6.45) is 26.5. The van der Waals surface area contributed by atoms with Gasteiger partial charge in [0.2, 0.25) is 0 Å². The SMILES string of the molecule is CCCCCCCC/C=C/CCCCCCCC(=O)OC(C)(C)CCCC(C)CC. The fourth-order valence-corrected chi connectivity index (χ4v) is 3.83. The van der Waals surface area contributed by atoms with Gasteiger partial charge >= 0.3 is 5.97 Å². The standard InChI is InChI=1S/C28H54O2/c1-6-8-9-10-11-12-13-14-15-16-17-18-19-20-21-24-27(29)30-28(4,5)25-22-23-26(3)7-2/h14-15,26H,6-13,16-25H2,1-5H3/b15-14+. The van der Waals surface area contributed by atoms with E-state index in [0.717, 1.165) is 31.6 Å². The zero-order chi connectivity index (χ0) is 22.5. The highest BCUT2D eigenvalue weighted by Gasteiger charge is 2.22. The molecule has 0 bridgehead atoms. The van der Waals surface area contributed by atoms with Crippen molar-refractivity contribution in [3.8, 4) is 0 Å². The minimum absolute atomic E-state index is 0.0128. The number of carbonyl (C=O) groups excluding carboxylic acids is 1. The Hall–Kier alpha value is -0.790. The first-order valence-corrected chi connectivity index (χ1v) is 13.3. The second-order valence-electron chi connectivity index (χ2n) is 9.97. The van der Waals surface area contributed by atoms with Gasteiger partial charge in [0.15, 0.2) is 0 Å². The van der Waals surface area contributed by atoms with Crippen LogP contribution >= 0.6 is 0 Å². The summed E-state index contributed by atoms with van der Waals surface area (Å²) in [5.74, 6) is 0.758. The number of hydrogen-bond donors (Lipinski definition) is 0. The lowest BCUT2D eigenvalue weighted by Gasteiger charge is -2.25. The Morgan fingerprint density at radius 1 is 0.800 bits per heavy atom. The van der Waals surface area contributed by atoms with Gasteiger partial charge in [-0.1, -0.05) is 97.1 Å². The van der Waals surface area contributed by atoms with Crippen LogP contribution in [0.25, 0.3) is 0 Å². The van der Waals surface area contributed by atoms with Crippen molar-refractivity contribution in [2.45, 2.75) is 156 Å². The van der Waals surface area contributed by atoms with E-state index in [1.165, 1.54) is 83.5 Å². The molecule has 178 valence electrons. The lowest BCUT2D eigenvalue weighted by Crippen LogP contribution is -2.28. The summed E-state index contributed by atoms with van der Waals surface area (Å²) in [4.78, 5) is 12.1. The predicted molar refractivity (Wildman–Crippen MR) is 133 cm³/mol. The number of rotatable bonds is 21. The van der Waals surface area contributed by atoms with Gasteiger partial charge in [-0.2, -0.15) is 0 Å². The van der Waals surface area contributed by atoms with E-state index >= 15 is 0 Å². The Labute approximate surface area is 189 Å². The van der Waals surface area contributed by atoms with Crippen molar-refractivity contribution in [2.75, 3.05) is 0 Å². The van der Waals surface area contributed by atoms with E-state index in [9.17, 15) is 4.79 Å². The quantitative estimate of drug-likeness (QED) is 0.104. The number of ether oxygens (including phenoxy) is 1. The normalized spacial score (nSPS) is 13.1. The van der Waals surface area contributed by atoms with Crippen LogP contribution in [0.3, 0.4) is 0 Å². The maximum Gasteiger partial charge on any atom is 0.306 e. The molecule has 0 aliphatic heterocycles. The van der Waals surface area contributed by atoms with Crippen molar-refractivity contribution >= 4 is 5.97 Å². The van der Waals surface area contributed by atoms with Gasteiger partial charge in [-0.05, 0) is 64.7 Å². The van der Waals surface area contributed by atoms with Crippen LogP contribution in [0.4, 0.5) is 0 Å². The van der Waals surface area contributed by atoms with E-state index in [1.807, 2.05) is 0 Å². The van der Waals surface area contributed by atoms with E-state index in [4.69, 9.17) is 4.74 Å². The molecule has 0 amide bonds. The first kappa shape index (κ1) is 29.2. The van der Waals surface area contributed by atoms with Crippen molar-refractivity contribution in [1.82, 2.24) is 0 Å². The second-order valence-corrected chi connectivity index (χ2v) is 9.97. The van der Waals surface area contributed by atoms with Gasteiger partial charge < -0.3 is 4.74 Å². The number of carbonyl (C=O) groups is 1. The molecule has 30 heavy (non-hydrogen) atoms. The van der Waals surface area contributed by atoms with E-state index in [0.29, 0.717) is 6.42 Å². The molecule has 0 radical (unpaired) electrons. The summed E-state index contributed by atoms with van der Waals surface area (Å²) >= 11 is 0. The van der Waals surface area contributed by atoms with Gasteiger partial charge in [0, 0.05) is 6.42 Å². The summed E-state index contributed by atoms with van der Waals surface area (Å²) in [5, 5.41) is 0. The Bertz CT molecular complexity index is 411. The van der Waals surface area contributed by atoms with Gasteiger partial charge in [-0.3, -0.25) is 4.79 Å². The first-order chi connectivity index (χ1) is 14.4. The number of allylic oxidation sites excluding steroid dienone is 2. The zero-order valence-electron chi connectivity index (χ0n) is 21.3. The van der Waals surface area contributed by atoms with Crippen molar-refractivity contribution in [1.29, 1.82) is 0 Å². The first-order valence-electron chi connectivity index (χ1n) is 13.3. The summed E-state index contributed by atoms with van der Waals surface area (Å²) in [6.45, 7) is 10.9. The molecule has 2 nitrogen and oxygen atoms in total. The lowest BCUT2D eigenvalue weighted by atomic mass is 9.95. The molecule has 0 fully saturated rings. The molecule has 0 saturated carbocycles. The third-order valence-electron chi connectivity index (χ3n) is 6.21. The highest BCUT2D eigenvalue weighted by atomic mass is 16.6. The largest absolute Gasteiger partial charge is 0.460 e. The molecular weight excluding hydrogens is 368 g/mol. The average Bonchev–Trinajstić information content (AvgIpc) is 2.70. The second kappa shape index (κ2) is 20.1. The van der Waals surface area contributed by atoms with Crippen molar-refractivity contribution in [2.24, 2.45) is 5.92 Å². The van der Waals surface area contributed by atoms with Crippen LogP contribution in [0, 0.1) is 5.92 Å². The smallest absolute Gasteiger partial charge is 0.306 e. The van der Waals surface area contributed by atoms with E-state index in [-0.39, 0.29) is 11.6 Å². The molecule has 0 heterocycles. The highest BCUT2D eigenvalue weighted by molar-refractivity contribution is 5.69. The molecule has 0 saturated heterocycles. The summed E-state index contributed by atoms with van der Waals surface area (Å²) in [7, 11) is 0. The van der Waals surface area contributed by atoms with Crippen molar-refractivity contribution in [3.05, 3.63) is 12.2 Å². The molecule has 1 unspecified atom stereocenters. The van der Waals surface area contributed by atoms with Crippen LogP contribution in [0.2, 0.25) is 0 Å². The molecule has 0 aromatic rings. The zero-order valence-corrected chi connectivity index (χ0v) is 21.3. The third-order valence-corrected chi connectivity index (χ3v) is 6.21. The topological polar surface area (TPSA) is 26.3 Å². The van der Waals surface area contributed by atoms with E-state index < -0.39 is 0 Å². The summed E-state index contributed by atoms with van der Waals surface area (Å²) in [5.41, 5.74) is -0.313. The molecule has 0 rings (SSSR count). The monoisotopic (exact) mass is 422 g/mol. The molecule has 0 aliphatic rings. The molecule has 0 aromatic carbocycles. The van der Waals surface area contributed by atoms with Crippen molar-refractivity contribution in [3.63, 3.8) is 0 Å². The van der Waals surface area contributed by atoms with Crippen LogP contribution in [0.15, 0.2) is 12.2 Å². The third kappa shape index (κ3) is 20.5. The molecule has 1 atom stereocenters. The van der Waals surface area contributed by atoms with Crippen LogP contribution < -0.4 is 0 Å². The van der Waals surface area contributed by atoms with E-state index in [1.54, 1.807) is 0 Å². The molecule has 0 N–H and O–H groups in total. The lowest BCUT2D eigenvalue weighted by molar-refractivity contribution is -0.157. The Morgan fingerprint density at radius 3 is 1.90 bits per heavy atom. The Morgan fingerprint density at radius 2 is 1.33 bits per heavy atom. The molecule has 0 aromatic heterocycles. The highest BCUT2D eigenvalue weighted by Crippen LogP contribution is 2.22. The Balaban J connectivity index is 3.50. The number of hydrogen-bond acceptors (Lipinski definition) is 2. The summed E-state index contributed by atoms with van der Waals surface area (Å²) in [6, 6.07) is 0. The van der Waals surface area contributed by atoms with Crippen molar-refractivity contribution < 1.29 is 9.53 Å². The molecule has 0 spiro atoms. The summed E-state index contributed by atoms with van der Waals surface area (Å²) < 4.78 is 5.72. The van der Waals surface area contributed by atoms with Crippen LogP contribution in [0.1, 0.15) is 150 Å². The minimum atomic E-state index is -0.313. The van der Waals surface area contributed by atoms with Gasteiger partial charge in [0.05, 0.1) is 0 Å². The average molecular weight is 423 g/mol. The number of unbranched alkanes of at least 4 members (excludes halogenated alkanes) is 11. The van der Waals surface area contributed by atoms with Gasteiger partial charge in [0.25, 0.3) is 0 Å². The van der Waals surface area contributed by atoms with Crippen LogP contribution in [0.5, 0.6) is 0 Å². The van der Waals surface area contributed by atoms with Crippen LogP contribution in [-0.4, -0.2) is 11.6 Å². The maximum atomic E-state index is 12.1. The number of esters is 1. The molecular formula is C28H54O2. The minimum Gasteiger partial charge on any atom is -0.460 e. The van der Waals surface area contributed by atoms with E-state index in [2.05, 4.69) is 46.8 Å². The molecule has 0 aliphatic carbocycles. The Kier molecular flexibility index (Phi) is 19.6. The fourth-order valence-electron chi connectivity index (χ4n) is 3.83. The maximum absolute atomic E-state index is 12.1.